The number of aromatic nitrogens is 3. The molecule has 0 saturated carbocycles. The molecule has 8 nitrogen and oxygen atoms in total. The van der Waals surface area contributed by atoms with E-state index in [-0.39, 0.29) is 18.4 Å². The van der Waals surface area contributed by atoms with Crippen LogP contribution in [0.15, 0.2) is 6.33 Å². The maximum atomic E-state index is 11.5. The zero-order chi connectivity index (χ0) is 13.5. The fourth-order valence-corrected chi connectivity index (χ4v) is 1.29. The molecule has 1 heterocycles. The Bertz CT molecular complexity index is 417. The third-order valence-corrected chi connectivity index (χ3v) is 2.40. The average molecular weight is 255 g/mol. The highest BCUT2D eigenvalue weighted by atomic mass is 16.4. The number of carbonyl (C=O) groups excluding carboxylic acids is 1. The summed E-state index contributed by atoms with van der Waals surface area (Å²) in [5.41, 5.74) is 0. The minimum absolute atomic E-state index is 0.103. The van der Waals surface area contributed by atoms with E-state index < -0.39 is 5.97 Å². The SMILES string of the molecule is CC(CCC(=O)O)CNC(=O)Nc1ncnn1C. The van der Waals surface area contributed by atoms with Gasteiger partial charge in [0.15, 0.2) is 0 Å². The van der Waals surface area contributed by atoms with Gasteiger partial charge in [-0.15, -0.1) is 0 Å². The monoisotopic (exact) mass is 255 g/mol. The predicted octanol–water partition coefficient (Wildman–Crippen LogP) is 0.437. The summed E-state index contributed by atoms with van der Waals surface area (Å²) in [6, 6.07) is -0.381. The van der Waals surface area contributed by atoms with Crippen LogP contribution in [0.5, 0.6) is 0 Å². The number of hydrogen-bond donors (Lipinski definition) is 3. The summed E-state index contributed by atoms with van der Waals surface area (Å²) in [5, 5.41) is 17.5. The van der Waals surface area contributed by atoms with Gasteiger partial charge in [0.2, 0.25) is 5.95 Å². The Kier molecular flexibility index (Phi) is 5.09. The number of aryl methyl sites for hydroxylation is 1. The second-order valence-corrected chi connectivity index (χ2v) is 4.08. The predicted molar refractivity (Wildman–Crippen MR) is 64.1 cm³/mol. The van der Waals surface area contributed by atoms with Gasteiger partial charge in [0.1, 0.15) is 6.33 Å². The molecule has 18 heavy (non-hydrogen) atoms. The first kappa shape index (κ1) is 13.9. The van der Waals surface area contributed by atoms with E-state index in [2.05, 4.69) is 20.7 Å². The molecule has 0 aliphatic heterocycles. The van der Waals surface area contributed by atoms with E-state index in [0.29, 0.717) is 18.9 Å². The molecule has 8 heteroatoms. The number of aliphatic carboxylic acids is 1. The van der Waals surface area contributed by atoms with Crippen molar-refractivity contribution in [3.8, 4) is 0 Å². The second kappa shape index (κ2) is 6.58. The highest BCUT2D eigenvalue weighted by Crippen LogP contribution is 2.04. The van der Waals surface area contributed by atoms with Crippen molar-refractivity contribution in [1.82, 2.24) is 20.1 Å². The van der Waals surface area contributed by atoms with E-state index in [4.69, 9.17) is 5.11 Å². The van der Waals surface area contributed by atoms with Crippen LogP contribution in [0, 0.1) is 5.92 Å². The molecule has 100 valence electrons. The van der Waals surface area contributed by atoms with Crippen LogP contribution in [-0.4, -0.2) is 38.4 Å². The first-order valence-corrected chi connectivity index (χ1v) is 5.59. The maximum Gasteiger partial charge on any atom is 0.321 e. The van der Waals surface area contributed by atoms with Crippen molar-refractivity contribution < 1.29 is 14.7 Å². The van der Waals surface area contributed by atoms with E-state index in [1.807, 2.05) is 6.92 Å². The van der Waals surface area contributed by atoms with Crippen LogP contribution in [0.2, 0.25) is 0 Å². The molecule has 0 radical (unpaired) electrons. The molecule has 0 bridgehead atoms. The third kappa shape index (κ3) is 4.81. The van der Waals surface area contributed by atoms with Crippen LogP contribution >= 0.6 is 0 Å². The number of carboxylic acids is 1. The van der Waals surface area contributed by atoms with E-state index >= 15 is 0 Å². The molecule has 0 saturated heterocycles. The third-order valence-electron chi connectivity index (χ3n) is 2.40. The number of carboxylic acid groups (broad SMARTS) is 1. The highest BCUT2D eigenvalue weighted by molar-refractivity contribution is 5.87. The molecular weight excluding hydrogens is 238 g/mol. The molecule has 1 aromatic rings. The summed E-state index contributed by atoms with van der Waals surface area (Å²) < 4.78 is 1.44. The number of nitrogens with one attached hydrogen (secondary N) is 2. The van der Waals surface area contributed by atoms with Gasteiger partial charge in [0.05, 0.1) is 0 Å². The first-order valence-electron chi connectivity index (χ1n) is 5.59. The average Bonchev–Trinajstić information content (AvgIpc) is 2.69. The molecule has 1 rings (SSSR count). The molecule has 0 aliphatic rings. The summed E-state index contributed by atoms with van der Waals surface area (Å²) in [7, 11) is 1.66. The Hall–Kier alpha value is -2.12. The fraction of sp³-hybridized carbons (Fsp3) is 0.600. The molecule has 1 aromatic heterocycles. The number of amides is 2. The van der Waals surface area contributed by atoms with Crippen LogP contribution < -0.4 is 10.6 Å². The second-order valence-electron chi connectivity index (χ2n) is 4.08. The van der Waals surface area contributed by atoms with Gasteiger partial charge in [-0.25, -0.2) is 9.48 Å². The minimum atomic E-state index is -0.828. The zero-order valence-corrected chi connectivity index (χ0v) is 10.4. The Balaban J connectivity index is 2.25. The normalized spacial score (nSPS) is 11.9. The Morgan fingerprint density at radius 1 is 1.56 bits per heavy atom. The number of urea groups is 1. The van der Waals surface area contributed by atoms with Gasteiger partial charge in [0, 0.05) is 20.0 Å². The van der Waals surface area contributed by atoms with Gasteiger partial charge in [-0.3, -0.25) is 10.1 Å². The van der Waals surface area contributed by atoms with Gasteiger partial charge < -0.3 is 10.4 Å². The molecule has 2 amide bonds. The smallest absolute Gasteiger partial charge is 0.321 e. The lowest BCUT2D eigenvalue weighted by atomic mass is 10.1. The summed E-state index contributed by atoms with van der Waals surface area (Å²) >= 11 is 0. The van der Waals surface area contributed by atoms with Gasteiger partial charge in [0.25, 0.3) is 0 Å². The molecule has 0 aromatic carbocycles. The van der Waals surface area contributed by atoms with Crippen molar-refractivity contribution in [2.24, 2.45) is 13.0 Å². The van der Waals surface area contributed by atoms with Crippen molar-refractivity contribution in [3.63, 3.8) is 0 Å². The van der Waals surface area contributed by atoms with Crippen molar-refractivity contribution in [1.29, 1.82) is 0 Å². The summed E-state index contributed by atoms with van der Waals surface area (Å²) in [6.07, 6.45) is 1.97. The molecule has 1 atom stereocenters. The first-order chi connectivity index (χ1) is 8.49. The number of rotatable bonds is 6. The summed E-state index contributed by atoms with van der Waals surface area (Å²) in [5.74, 6) is -0.373. The summed E-state index contributed by atoms with van der Waals surface area (Å²) in [6.45, 7) is 2.29. The lowest BCUT2D eigenvalue weighted by Gasteiger charge is -2.11. The molecule has 0 aliphatic carbocycles. The topological polar surface area (TPSA) is 109 Å². The van der Waals surface area contributed by atoms with Gasteiger partial charge in [-0.05, 0) is 12.3 Å². The number of anilines is 1. The van der Waals surface area contributed by atoms with Gasteiger partial charge in [-0.2, -0.15) is 10.1 Å². The molecule has 1 unspecified atom stereocenters. The standard InChI is InChI=1S/C10H17N5O3/c1-7(3-4-8(16)17)5-11-10(18)14-9-12-6-13-15(9)2/h6-7H,3-5H2,1-2H3,(H,16,17)(H2,11,12,13,14,18). The number of hydrogen-bond acceptors (Lipinski definition) is 4. The van der Waals surface area contributed by atoms with Crippen molar-refractivity contribution in [3.05, 3.63) is 6.33 Å². The van der Waals surface area contributed by atoms with Crippen LogP contribution in [0.4, 0.5) is 10.7 Å². The number of nitrogens with zero attached hydrogens (tertiary/aromatic N) is 3. The Labute approximate surface area is 104 Å². The van der Waals surface area contributed by atoms with Gasteiger partial charge >= 0.3 is 12.0 Å². The maximum absolute atomic E-state index is 11.5. The quantitative estimate of drug-likeness (QED) is 0.683. The van der Waals surface area contributed by atoms with Crippen LogP contribution in [0.25, 0.3) is 0 Å². The fourth-order valence-electron chi connectivity index (χ4n) is 1.29. The largest absolute Gasteiger partial charge is 0.481 e. The molecular formula is C10H17N5O3. The summed E-state index contributed by atoms with van der Waals surface area (Å²) in [4.78, 5) is 25.7. The van der Waals surface area contributed by atoms with Crippen molar-refractivity contribution in [2.45, 2.75) is 19.8 Å². The van der Waals surface area contributed by atoms with Crippen LogP contribution in [-0.2, 0) is 11.8 Å². The Morgan fingerprint density at radius 2 is 2.28 bits per heavy atom. The highest BCUT2D eigenvalue weighted by Gasteiger charge is 2.09. The number of carbonyl (C=O) groups is 2. The zero-order valence-electron chi connectivity index (χ0n) is 10.4. The van der Waals surface area contributed by atoms with Gasteiger partial charge in [-0.1, -0.05) is 6.92 Å². The minimum Gasteiger partial charge on any atom is -0.481 e. The molecule has 3 N–H and O–H groups in total. The van der Waals surface area contributed by atoms with Crippen LogP contribution in [0.3, 0.4) is 0 Å². The lowest BCUT2D eigenvalue weighted by molar-refractivity contribution is -0.137. The molecule has 0 spiro atoms. The van der Waals surface area contributed by atoms with E-state index in [1.165, 1.54) is 11.0 Å². The van der Waals surface area contributed by atoms with Crippen LogP contribution in [0.1, 0.15) is 19.8 Å². The van der Waals surface area contributed by atoms with E-state index in [0.717, 1.165) is 0 Å². The van der Waals surface area contributed by atoms with E-state index in [9.17, 15) is 9.59 Å². The van der Waals surface area contributed by atoms with Crippen molar-refractivity contribution >= 4 is 17.9 Å². The van der Waals surface area contributed by atoms with Crippen molar-refractivity contribution in [2.75, 3.05) is 11.9 Å². The van der Waals surface area contributed by atoms with E-state index in [1.54, 1.807) is 7.05 Å². The molecule has 0 fully saturated rings. The Morgan fingerprint density at radius 3 is 2.83 bits per heavy atom. The lowest BCUT2D eigenvalue weighted by Crippen LogP contribution is -2.33.